The lowest BCUT2D eigenvalue weighted by Crippen LogP contribution is -2.31. The highest BCUT2D eigenvalue weighted by atomic mass is 35.5. The highest BCUT2D eigenvalue weighted by Crippen LogP contribution is 2.34. The lowest BCUT2D eigenvalue weighted by atomic mass is 10.1. The molecule has 2 rings (SSSR count). The van der Waals surface area contributed by atoms with E-state index in [0.717, 1.165) is 4.90 Å². The van der Waals surface area contributed by atoms with Gasteiger partial charge in [0.1, 0.15) is 0 Å². The Morgan fingerprint density at radius 1 is 1.29 bits per heavy atom. The van der Waals surface area contributed by atoms with Gasteiger partial charge in [0.05, 0.1) is 16.6 Å². The van der Waals surface area contributed by atoms with Gasteiger partial charge in [-0.15, -0.1) is 11.6 Å². The van der Waals surface area contributed by atoms with Crippen LogP contribution < -0.4 is 4.90 Å². The summed E-state index contributed by atoms with van der Waals surface area (Å²) >= 11 is 17.4. The number of nitrogens with zero attached hydrogens (tertiary/aromatic N) is 1. The van der Waals surface area contributed by atoms with E-state index in [4.69, 9.17) is 34.8 Å². The Morgan fingerprint density at radius 2 is 2.00 bits per heavy atom. The molecule has 0 N–H and O–H groups in total. The van der Waals surface area contributed by atoms with Crippen LogP contribution in [0.4, 0.5) is 5.69 Å². The Labute approximate surface area is 113 Å². The van der Waals surface area contributed by atoms with Gasteiger partial charge in [-0.25, -0.2) is 4.90 Å². The predicted octanol–water partition coefficient (Wildman–Crippen LogP) is 3.11. The van der Waals surface area contributed by atoms with E-state index < -0.39 is 5.92 Å². The van der Waals surface area contributed by atoms with Crippen LogP contribution in [0.15, 0.2) is 18.2 Å². The molecule has 1 saturated heterocycles. The van der Waals surface area contributed by atoms with E-state index in [2.05, 4.69) is 0 Å². The molecule has 1 aliphatic heterocycles. The molecule has 1 heterocycles. The van der Waals surface area contributed by atoms with E-state index in [0.29, 0.717) is 15.7 Å². The fourth-order valence-electron chi connectivity index (χ4n) is 1.73. The minimum atomic E-state index is -0.473. The van der Waals surface area contributed by atoms with Crippen LogP contribution in [-0.2, 0) is 9.59 Å². The van der Waals surface area contributed by atoms with Gasteiger partial charge in [0.15, 0.2) is 0 Å². The highest BCUT2D eigenvalue weighted by molar-refractivity contribution is 6.37. The van der Waals surface area contributed by atoms with Gasteiger partial charge < -0.3 is 0 Å². The van der Waals surface area contributed by atoms with E-state index in [-0.39, 0.29) is 24.1 Å². The maximum absolute atomic E-state index is 11.9. The molecule has 0 aliphatic carbocycles. The summed E-state index contributed by atoms with van der Waals surface area (Å²) in [6.45, 7) is 0. The third-order valence-corrected chi connectivity index (χ3v) is 3.50. The van der Waals surface area contributed by atoms with E-state index in [1.165, 1.54) is 6.07 Å². The van der Waals surface area contributed by atoms with Gasteiger partial charge in [0.2, 0.25) is 11.8 Å². The van der Waals surface area contributed by atoms with E-state index in [1.807, 2.05) is 0 Å². The molecular formula is C11H8Cl3NO2. The van der Waals surface area contributed by atoms with Crippen LogP contribution in [0.1, 0.15) is 6.42 Å². The number of carbonyl (C=O) groups is 2. The van der Waals surface area contributed by atoms with Crippen LogP contribution in [-0.4, -0.2) is 17.7 Å². The fourth-order valence-corrected chi connectivity index (χ4v) is 2.34. The lowest BCUT2D eigenvalue weighted by molar-refractivity contribution is -0.122. The first-order chi connectivity index (χ1) is 8.04. The van der Waals surface area contributed by atoms with Crippen molar-refractivity contribution in [2.75, 3.05) is 10.8 Å². The number of hydrogen-bond acceptors (Lipinski definition) is 2. The van der Waals surface area contributed by atoms with Crippen molar-refractivity contribution in [3.05, 3.63) is 28.2 Å². The van der Waals surface area contributed by atoms with E-state index >= 15 is 0 Å². The third kappa shape index (κ3) is 2.28. The Balaban J connectivity index is 2.43. The molecule has 1 aromatic carbocycles. The second kappa shape index (κ2) is 4.84. The minimum Gasteiger partial charge on any atom is -0.274 e. The number of benzene rings is 1. The van der Waals surface area contributed by atoms with Crippen LogP contribution in [0.3, 0.4) is 0 Å². The minimum absolute atomic E-state index is 0.116. The second-order valence-corrected chi connectivity index (χ2v) is 4.87. The number of carbonyl (C=O) groups excluding carboxylic acids is 2. The summed E-state index contributed by atoms with van der Waals surface area (Å²) in [5, 5.41) is 0.727. The van der Waals surface area contributed by atoms with Crippen molar-refractivity contribution in [1.82, 2.24) is 0 Å². The molecule has 1 aromatic rings. The van der Waals surface area contributed by atoms with Gasteiger partial charge in [-0.2, -0.15) is 0 Å². The van der Waals surface area contributed by atoms with E-state index in [9.17, 15) is 9.59 Å². The number of amides is 2. The zero-order chi connectivity index (χ0) is 12.6. The maximum Gasteiger partial charge on any atom is 0.238 e. The van der Waals surface area contributed by atoms with Crippen LogP contribution in [0.5, 0.6) is 0 Å². The molecule has 2 amide bonds. The number of anilines is 1. The number of imide groups is 1. The SMILES string of the molecule is O=C1CC(CCl)C(=O)N1c1cc(Cl)ccc1Cl. The summed E-state index contributed by atoms with van der Waals surface area (Å²) < 4.78 is 0. The molecule has 0 saturated carbocycles. The van der Waals surface area contributed by atoms with Gasteiger partial charge in [0, 0.05) is 17.3 Å². The third-order valence-electron chi connectivity index (χ3n) is 2.58. The smallest absolute Gasteiger partial charge is 0.238 e. The molecule has 17 heavy (non-hydrogen) atoms. The Kier molecular flexibility index (Phi) is 3.61. The predicted molar refractivity (Wildman–Crippen MR) is 67.8 cm³/mol. The molecule has 0 radical (unpaired) electrons. The van der Waals surface area contributed by atoms with Crippen molar-refractivity contribution in [2.24, 2.45) is 5.92 Å². The molecule has 1 aliphatic rings. The Bertz CT molecular complexity index is 490. The topological polar surface area (TPSA) is 37.4 Å². The monoisotopic (exact) mass is 291 g/mol. The summed E-state index contributed by atoms with van der Waals surface area (Å²) in [5.74, 6) is -0.975. The maximum atomic E-state index is 11.9. The normalized spacial score (nSPS) is 20.2. The molecule has 90 valence electrons. The van der Waals surface area contributed by atoms with Gasteiger partial charge in [-0.3, -0.25) is 9.59 Å². The Hall–Kier alpha value is -0.770. The van der Waals surface area contributed by atoms with Crippen LogP contribution >= 0.6 is 34.8 Å². The van der Waals surface area contributed by atoms with Gasteiger partial charge in [0.25, 0.3) is 0 Å². The molecule has 3 nitrogen and oxygen atoms in total. The van der Waals surface area contributed by atoms with Gasteiger partial charge >= 0.3 is 0 Å². The summed E-state index contributed by atoms with van der Waals surface area (Å²) in [6, 6.07) is 4.64. The average Bonchev–Trinajstić information content (AvgIpc) is 2.58. The second-order valence-electron chi connectivity index (χ2n) is 3.72. The number of hydrogen-bond donors (Lipinski definition) is 0. The Morgan fingerprint density at radius 3 is 2.59 bits per heavy atom. The fraction of sp³-hybridized carbons (Fsp3) is 0.273. The van der Waals surface area contributed by atoms with Crippen LogP contribution in [0.2, 0.25) is 10.0 Å². The molecule has 0 spiro atoms. The molecule has 6 heteroatoms. The van der Waals surface area contributed by atoms with Gasteiger partial charge in [-0.05, 0) is 18.2 Å². The lowest BCUT2D eigenvalue weighted by Gasteiger charge is -2.16. The molecule has 1 atom stereocenters. The standard InChI is InChI=1S/C11H8Cl3NO2/c12-5-6-3-10(16)15(11(6)17)9-4-7(13)1-2-8(9)14/h1-2,4,6H,3,5H2. The average molecular weight is 293 g/mol. The summed E-state index contributed by atoms with van der Waals surface area (Å²) in [4.78, 5) is 24.7. The van der Waals surface area contributed by atoms with Crippen LogP contribution in [0, 0.1) is 5.92 Å². The molecule has 1 unspecified atom stereocenters. The van der Waals surface area contributed by atoms with Crippen molar-refractivity contribution in [3.63, 3.8) is 0 Å². The molecule has 0 bridgehead atoms. The zero-order valence-electron chi connectivity index (χ0n) is 8.62. The van der Waals surface area contributed by atoms with Crippen molar-refractivity contribution >= 4 is 52.3 Å². The number of alkyl halides is 1. The number of rotatable bonds is 2. The van der Waals surface area contributed by atoms with Crippen molar-refractivity contribution in [1.29, 1.82) is 0 Å². The highest BCUT2D eigenvalue weighted by Gasteiger charge is 2.39. The molecule has 1 fully saturated rings. The molecule has 0 aromatic heterocycles. The number of halogens is 3. The quantitative estimate of drug-likeness (QED) is 0.620. The van der Waals surface area contributed by atoms with Crippen molar-refractivity contribution in [2.45, 2.75) is 6.42 Å². The van der Waals surface area contributed by atoms with E-state index in [1.54, 1.807) is 12.1 Å². The largest absolute Gasteiger partial charge is 0.274 e. The summed E-state index contributed by atoms with van der Waals surface area (Å²) in [5.41, 5.74) is 0.321. The summed E-state index contributed by atoms with van der Waals surface area (Å²) in [7, 11) is 0. The molecular weight excluding hydrogens is 284 g/mol. The van der Waals surface area contributed by atoms with Crippen molar-refractivity contribution < 1.29 is 9.59 Å². The first-order valence-corrected chi connectivity index (χ1v) is 6.21. The zero-order valence-corrected chi connectivity index (χ0v) is 10.9. The first-order valence-electron chi connectivity index (χ1n) is 4.92. The van der Waals surface area contributed by atoms with Crippen LogP contribution in [0.25, 0.3) is 0 Å². The summed E-state index contributed by atoms with van der Waals surface area (Å²) in [6.07, 6.45) is 0.116. The van der Waals surface area contributed by atoms with Crippen molar-refractivity contribution in [3.8, 4) is 0 Å². The first kappa shape index (κ1) is 12.7. The van der Waals surface area contributed by atoms with Gasteiger partial charge in [-0.1, -0.05) is 23.2 Å².